The van der Waals surface area contributed by atoms with Crippen molar-refractivity contribution in [3.8, 4) is 11.8 Å². The third-order valence-corrected chi connectivity index (χ3v) is 4.44. The third-order valence-electron chi connectivity index (χ3n) is 4.44. The van der Waals surface area contributed by atoms with Crippen LogP contribution in [0.1, 0.15) is 47.9 Å². The molecule has 2 aliphatic heterocycles. The van der Waals surface area contributed by atoms with Crippen molar-refractivity contribution >= 4 is 11.8 Å². The van der Waals surface area contributed by atoms with Crippen LogP contribution in [0.4, 0.5) is 0 Å². The first-order valence-corrected chi connectivity index (χ1v) is 7.71. The zero-order valence-electron chi connectivity index (χ0n) is 13.3. The second-order valence-corrected chi connectivity index (χ2v) is 5.96. The quantitative estimate of drug-likeness (QED) is 0.588. The summed E-state index contributed by atoms with van der Waals surface area (Å²) in [5, 5.41) is 3.27. The molecule has 3 rings (SSSR count). The predicted octanol–water partition coefficient (Wildman–Crippen LogP) is 2.14. The van der Waals surface area contributed by atoms with Crippen LogP contribution in [0.5, 0.6) is 0 Å². The van der Waals surface area contributed by atoms with Crippen molar-refractivity contribution < 1.29 is 9.59 Å². The van der Waals surface area contributed by atoms with Crippen LogP contribution in [-0.4, -0.2) is 34.9 Å². The van der Waals surface area contributed by atoms with Gasteiger partial charge in [0, 0.05) is 18.7 Å². The lowest BCUT2D eigenvalue weighted by Crippen LogP contribution is -2.45. The molecular formula is C18H20N2O2. The van der Waals surface area contributed by atoms with Crippen LogP contribution in [0.15, 0.2) is 12.1 Å². The molecular weight excluding hydrogens is 276 g/mol. The molecule has 2 saturated heterocycles. The number of hydrogen-bond acceptors (Lipinski definition) is 2. The number of nitrogens with zero attached hydrogens (tertiary/aromatic N) is 2. The molecule has 0 spiro atoms. The highest BCUT2D eigenvalue weighted by molar-refractivity contribution is 6.10. The molecule has 4 heteroatoms. The summed E-state index contributed by atoms with van der Waals surface area (Å²) >= 11 is 0. The van der Waals surface area contributed by atoms with Gasteiger partial charge in [-0.3, -0.25) is 19.6 Å². The Morgan fingerprint density at radius 2 is 1.50 bits per heavy atom. The Morgan fingerprint density at radius 1 is 1.00 bits per heavy atom. The van der Waals surface area contributed by atoms with Gasteiger partial charge >= 0.3 is 0 Å². The summed E-state index contributed by atoms with van der Waals surface area (Å²) in [7, 11) is 0. The standard InChI is InChI=1S/C18H20N2O2/c1-4-7-14-10-12(2)15(13(3)11-14)16-17(21)19-8-5-6-9-20(19)18(16)22/h10-11,16H,5-6,8-9H2,1-3H3. The Bertz CT molecular complexity index is 665. The highest BCUT2D eigenvalue weighted by Gasteiger charge is 2.47. The molecule has 22 heavy (non-hydrogen) atoms. The molecule has 0 saturated carbocycles. The number of hydrazine groups is 1. The molecule has 114 valence electrons. The second-order valence-electron chi connectivity index (χ2n) is 5.96. The molecule has 0 radical (unpaired) electrons. The zero-order valence-corrected chi connectivity index (χ0v) is 13.3. The van der Waals surface area contributed by atoms with Gasteiger partial charge < -0.3 is 0 Å². The van der Waals surface area contributed by atoms with Crippen LogP contribution in [0, 0.1) is 25.7 Å². The first kappa shape index (κ1) is 14.6. The molecule has 4 nitrogen and oxygen atoms in total. The Balaban J connectivity index is 2.05. The van der Waals surface area contributed by atoms with Crippen LogP contribution in [0.2, 0.25) is 0 Å². The Kier molecular flexibility index (Phi) is 3.66. The Morgan fingerprint density at radius 3 is 1.95 bits per heavy atom. The summed E-state index contributed by atoms with van der Waals surface area (Å²) in [5.74, 6) is 5.09. The minimum absolute atomic E-state index is 0.0785. The average molecular weight is 296 g/mol. The lowest BCUT2D eigenvalue weighted by Gasteiger charge is -2.31. The Labute approximate surface area is 131 Å². The summed E-state index contributed by atoms with van der Waals surface area (Å²) in [6.45, 7) is 7.01. The van der Waals surface area contributed by atoms with E-state index in [-0.39, 0.29) is 11.8 Å². The van der Waals surface area contributed by atoms with Crippen LogP contribution in [0.25, 0.3) is 0 Å². The number of hydrogen-bond donors (Lipinski definition) is 0. The van der Waals surface area contributed by atoms with Crippen LogP contribution in [-0.2, 0) is 9.59 Å². The van der Waals surface area contributed by atoms with Gasteiger partial charge in [0.1, 0.15) is 5.92 Å². The molecule has 0 aromatic heterocycles. The number of fused-ring (bicyclic) bond motifs is 1. The minimum Gasteiger partial charge on any atom is -0.272 e. The average Bonchev–Trinajstić information content (AvgIpc) is 2.73. The van der Waals surface area contributed by atoms with E-state index in [2.05, 4.69) is 11.8 Å². The molecule has 0 N–H and O–H groups in total. The smallest absolute Gasteiger partial charge is 0.258 e. The Hall–Kier alpha value is -2.28. The van der Waals surface area contributed by atoms with Crippen molar-refractivity contribution in [2.45, 2.75) is 39.5 Å². The van der Waals surface area contributed by atoms with E-state index in [9.17, 15) is 9.59 Å². The monoisotopic (exact) mass is 296 g/mol. The second kappa shape index (κ2) is 5.49. The van der Waals surface area contributed by atoms with Crippen molar-refractivity contribution in [3.05, 3.63) is 34.4 Å². The predicted molar refractivity (Wildman–Crippen MR) is 83.9 cm³/mol. The molecule has 0 bridgehead atoms. The van der Waals surface area contributed by atoms with Gasteiger partial charge in [0.25, 0.3) is 11.8 Å². The van der Waals surface area contributed by atoms with E-state index < -0.39 is 5.92 Å². The number of carbonyl (C=O) groups is 2. The van der Waals surface area contributed by atoms with Crippen molar-refractivity contribution in [1.82, 2.24) is 10.0 Å². The normalized spacial score (nSPS) is 18.3. The van der Waals surface area contributed by atoms with Crippen LogP contribution >= 0.6 is 0 Å². The van der Waals surface area contributed by atoms with Gasteiger partial charge in [-0.1, -0.05) is 5.92 Å². The summed E-state index contributed by atoms with van der Waals surface area (Å²) in [6, 6.07) is 3.93. The minimum atomic E-state index is -0.679. The molecule has 1 aromatic carbocycles. The first-order valence-electron chi connectivity index (χ1n) is 7.71. The molecule has 2 amide bonds. The topological polar surface area (TPSA) is 40.6 Å². The van der Waals surface area contributed by atoms with Gasteiger partial charge in [-0.05, 0) is 62.4 Å². The highest BCUT2D eigenvalue weighted by Crippen LogP contribution is 2.35. The fraction of sp³-hybridized carbons (Fsp3) is 0.444. The van der Waals surface area contributed by atoms with E-state index in [1.165, 1.54) is 0 Å². The third kappa shape index (κ3) is 2.18. The van der Waals surface area contributed by atoms with Crippen molar-refractivity contribution in [3.63, 3.8) is 0 Å². The lowest BCUT2D eigenvalue weighted by atomic mass is 9.88. The summed E-state index contributed by atoms with van der Waals surface area (Å²) < 4.78 is 0. The summed E-state index contributed by atoms with van der Waals surface area (Å²) in [5.41, 5.74) is 3.71. The van der Waals surface area contributed by atoms with Gasteiger partial charge in [0.15, 0.2) is 0 Å². The fourth-order valence-electron chi connectivity index (χ4n) is 3.52. The molecule has 2 heterocycles. The van der Waals surface area contributed by atoms with E-state index in [4.69, 9.17) is 0 Å². The number of aryl methyl sites for hydroxylation is 2. The summed E-state index contributed by atoms with van der Waals surface area (Å²) in [4.78, 5) is 25.4. The van der Waals surface area contributed by atoms with E-state index in [0.717, 1.165) is 35.1 Å². The largest absolute Gasteiger partial charge is 0.272 e. The molecule has 0 atom stereocenters. The number of amides is 2. The summed E-state index contributed by atoms with van der Waals surface area (Å²) in [6.07, 6.45) is 1.93. The molecule has 1 aromatic rings. The lowest BCUT2D eigenvalue weighted by molar-refractivity contribution is -0.150. The van der Waals surface area contributed by atoms with E-state index in [1.54, 1.807) is 16.9 Å². The van der Waals surface area contributed by atoms with E-state index >= 15 is 0 Å². The van der Waals surface area contributed by atoms with Gasteiger partial charge in [0.05, 0.1) is 0 Å². The SMILES string of the molecule is CC#Cc1cc(C)c(C2C(=O)N3CCCCN3C2=O)c(C)c1. The van der Waals surface area contributed by atoms with Crippen LogP contribution in [0.3, 0.4) is 0 Å². The zero-order chi connectivity index (χ0) is 15.9. The van der Waals surface area contributed by atoms with Crippen molar-refractivity contribution in [2.24, 2.45) is 0 Å². The van der Waals surface area contributed by atoms with Crippen LogP contribution < -0.4 is 0 Å². The first-order chi connectivity index (χ1) is 10.5. The van der Waals surface area contributed by atoms with Crippen molar-refractivity contribution in [2.75, 3.05) is 13.1 Å². The van der Waals surface area contributed by atoms with Gasteiger partial charge in [0.2, 0.25) is 0 Å². The maximum Gasteiger partial charge on any atom is 0.258 e. The highest BCUT2D eigenvalue weighted by atomic mass is 16.2. The van der Waals surface area contributed by atoms with E-state index in [0.29, 0.717) is 13.1 Å². The van der Waals surface area contributed by atoms with Crippen molar-refractivity contribution in [1.29, 1.82) is 0 Å². The molecule has 2 fully saturated rings. The maximum atomic E-state index is 12.7. The number of rotatable bonds is 1. The van der Waals surface area contributed by atoms with Gasteiger partial charge in [-0.25, -0.2) is 0 Å². The molecule has 2 aliphatic rings. The molecule has 0 unspecified atom stereocenters. The van der Waals surface area contributed by atoms with E-state index in [1.807, 2.05) is 26.0 Å². The maximum absolute atomic E-state index is 12.7. The van der Waals surface area contributed by atoms with Gasteiger partial charge in [-0.2, -0.15) is 0 Å². The van der Waals surface area contributed by atoms with Gasteiger partial charge in [-0.15, -0.1) is 5.92 Å². The molecule has 0 aliphatic carbocycles. The fourth-order valence-corrected chi connectivity index (χ4v) is 3.52. The number of benzene rings is 1. The number of carbonyl (C=O) groups excluding carboxylic acids is 2.